The summed E-state index contributed by atoms with van der Waals surface area (Å²) in [7, 11) is 4.25. The lowest BCUT2D eigenvalue weighted by Gasteiger charge is -2.43. The molecule has 5 rings (SSSR count). The summed E-state index contributed by atoms with van der Waals surface area (Å²) in [6.45, 7) is 1.89. The van der Waals surface area contributed by atoms with Crippen LogP contribution in [-0.2, 0) is 19.9 Å². The van der Waals surface area contributed by atoms with Gasteiger partial charge in [-0.25, -0.2) is 4.79 Å². The second kappa shape index (κ2) is 7.10. The molecule has 174 valence electrons. The fourth-order valence-corrected chi connectivity index (χ4v) is 6.25. The van der Waals surface area contributed by atoms with Crippen LogP contribution >= 0.6 is 23.8 Å². The van der Waals surface area contributed by atoms with Crippen molar-refractivity contribution in [2.75, 3.05) is 26.0 Å². The quantitative estimate of drug-likeness (QED) is 0.482. The minimum absolute atomic E-state index is 0.102. The Balaban J connectivity index is 1.91. The molecule has 3 aliphatic heterocycles. The normalized spacial score (nSPS) is 25.6. The molecule has 1 N–H and O–H groups in total. The first-order valence-corrected chi connectivity index (χ1v) is 11.4. The Kier molecular flexibility index (Phi) is 4.70. The molecular formula is C24H21ClN4O4S. The number of halogens is 1. The van der Waals surface area contributed by atoms with Gasteiger partial charge < -0.3 is 10.2 Å². The maximum atomic E-state index is 14.0. The van der Waals surface area contributed by atoms with E-state index in [4.69, 9.17) is 23.8 Å². The summed E-state index contributed by atoms with van der Waals surface area (Å²) < 4.78 is 0. The van der Waals surface area contributed by atoms with Crippen LogP contribution in [0.3, 0.4) is 0 Å². The molecule has 0 bridgehead atoms. The molecular weight excluding hydrogens is 476 g/mol. The second-order valence-corrected chi connectivity index (χ2v) is 9.80. The minimum Gasteiger partial charge on any atom is -0.360 e. The summed E-state index contributed by atoms with van der Waals surface area (Å²) in [6, 6.07) is 11.5. The number of imide groups is 2. The SMILES string of the molecule is Cc1ccc2c(c1)[C@@]1(NC(=S)C3(C(=O)N(C)C(=O)N(C)C3=O)[C@@H]1c1cccc(Cl)c1)C(=O)N2C. The number of hydrogen-bond acceptors (Lipinski definition) is 5. The number of rotatable bonds is 1. The fraction of sp³-hybridized carbons (Fsp3) is 0.292. The van der Waals surface area contributed by atoms with Crippen molar-refractivity contribution in [3.05, 3.63) is 64.2 Å². The number of nitrogens with one attached hydrogen (secondary N) is 1. The van der Waals surface area contributed by atoms with Gasteiger partial charge in [-0.3, -0.25) is 24.2 Å². The third kappa shape index (κ3) is 2.46. The van der Waals surface area contributed by atoms with Crippen molar-refractivity contribution < 1.29 is 19.2 Å². The van der Waals surface area contributed by atoms with E-state index < -0.39 is 34.7 Å². The molecule has 10 heteroatoms. The lowest BCUT2D eigenvalue weighted by molar-refractivity contribution is -0.153. The van der Waals surface area contributed by atoms with Gasteiger partial charge in [-0.1, -0.05) is 53.6 Å². The van der Waals surface area contributed by atoms with Gasteiger partial charge in [-0.05, 0) is 30.7 Å². The Labute approximate surface area is 206 Å². The summed E-state index contributed by atoms with van der Waals surface area (Å²) in [6.07, 6.45) is 0. The van der Waals surface area contributed by atoms with Gasteiger partial charge in [-0.15, -0.1) is 0 Å². The molecule has 2 saturated heterocycles. The zero-order chi connectivity index (χ0) is 24.7. The van der Waals surface area contributed by atoms with Gasteiger partial charge in [0.05, 0.1) is 5.92 Å². The maximum absolute atomic E-state index is 14.0. The zero-order valence-electron chi connectivity index (χ0n) is 18.9. The van der Waals surface area contributed by atoms with Crippen LogP contribution in [0.5, 0.6) is 0 Å². The molecule has 8 nitrogen and oxygen atoms in total. The van der Waals surface area contributed by atoms with E-state index in [2.05, 4.69) is 5.32 Å². The van der Waals surface area contributed by atoms with Crippen molar-refractivity contribution >= 4 is 58.2 Å². The predicted octanol–water partition coefficient (Wildman–Crippen LogP) is 2.57. The second-order valence-electron chi connectivity index (χ2n) is 8.95. The molecule has 0 aromatic heterocycles. The number of urea groups is 1. The summed E-state index contributed by atoms with van der Waals surface area (Å²) >= 11 is 12.0. The number of carbonyl (C=O) groups is 4. The average molecular weight is 497 g/mol. The van der Waals surface area contributed by atoms with Crippen molar-refractivity contribution in [2.45, 2.75) is 18.4 Å². The van der Waals surface area contributed by atoms with Crippen molar-refractivity contribution in [2.24, 2.45) is 5.41 Å². The lowest BCUT2D eigenvalue weighted by atomic mass is 9.62. The molecule has 2 atom stereocenters. The molecule has 2 spiro atoms. The van der Waals surface area contributed by atoms with E-state index in [0.717, 1.165) is 15.4 Å². The largest absolute Gasteiger partial charge is 0.360 e. The van der Waals surface area contributed by atoms with Gasteiger partial charge in [0.1, 0.15) is 4.99 Å². The van der Waals surface area contributed by atoms with Crippen LogP contribution in [0, 0.1) is 12.3 Å². The van der Waals surface area contributed by atoms with Crippen LogP contribution in [0.2, 0.25) is 5.02 Å². The number of thiocarbonyl (C=S) groups is 1. The molecule has 2 aromatic rings. The molecule has 0 unspecified atom stereocenters. The molecule has 2 fully saturated rings. The van der Waals surface area contributed by atoms with Crippen LogP contribution < -0.4 is 10.2 Å². The highest BCUT2D eigenvalue weighted by atomic mass is 35.5. The van der Waals surface area contributed by atoms with Crippen molar-refractivity contribution in [3.63, 3.8) is 0 Å². The Morgan fingerprint density at radius 2 is 1.56 bits per heavy atom. The summed E-state index contributed by atoms with van der Waals surface area (Å²) in [5.74, 6) is -3.02. The molecule has 3 heterocycles. The van der Waals surface area contributed by atoms with Gasteiger partial charge in [0.2, 0.25) is 0 Å². The van der Waals surface area contributed by atoms with E-state index in [1.165, 1.54) is 19.0 Å². The number of fused-ring (bicyclic) bond motifs is 2. The van der Waals surface area contributed by atoms with E-state index in [9.17, 15) is 19.2 Å². The first-order valence-electron chi connectivity index (χ1n) is 10.6. The Morgan fingerprint density at radius 3 is 2.18 bits per heavy atom. The van der Waals surface area contributed by atoms with Gasteiger partial charge in [0.15, 0.2) is 11.0 Å². The molecule has 34 heavy (non-hydrogen) atoms. The number of amides is 5. The summed E-state index contributed by atoms with van der Waals surface area (Å²) in [5.41, 5.74) is -0.945. The van der Waals surface area contributed by atoms with Crippen LogP contribution in [0.4, 0.5) is 10.5 Å². The number of benzene rings is 2. The third-order valence-electron chi connectivity index (χ3n) is 7.15. The van der Waals surface area contributed by atoms with Crippen LogP contribution in [0.1, 0.15) is 22.6 Å². The van der Waals surface area contributed by atoms with Crippen molar-refractivity contribution in [1.29, 1.82) is 0 Å². The molecule has 2 aromatic carbocycles. The van der Waals surface area contributed by atoms with Gasteiger partial charge >= 0.3 is 6.03 Å². The summed E-state index contributed by atoms with van der Waals surface area (Å²) in [4.78, 5) is 57.6. The molecule has 5 amide bonds. The first kappa shape index (κ1) is 22.5. The van der Waals surface area contributed by atoms with Crippen LogP contribution in [0.15, 0.2) is 42.5 Å². The minimum atomic E-state index is -2.01. The average Bonchev–Trinajstić information content (AvgIpc) is 3.20. The van der Waals surface area contributed by atoms with E-state index in [1.54, 1.807) is 31.3 Å². The number of hydrogen-bond donors (Lipinski definition) is 1. The van der Waals surface area contributed by atoms with Gasteiger partial charge in [-0.2, -0.15) is 0 Å². The van der Waals surface area contributed by atoms with Crippen LogP contribution in [-0.4, -0.2) is 59.7 Å². The topological polar surface area (TPSA) is 90.0 Å². The van der Waals surface area contributed by atoms with E-state index >= 15 is 0 Å². The molecule has 3 aliphatic rings. The molecule has 0 saturated carbocycles. The number of aryl methyl sites for hydroxylation is 1. The number of barbiturate groups is 1. The van der Waals surface area contributed by atoms with Gasteiger partial charge in [0, 0.05) is 37.4 Å². The smallest absolute Gasteiger partial charge is 0.332 e. The highest BCUT2D eigenvalue weighted by molar-refractivity contribution is 7.80. The van der Waals surface area contributed by atoms with E-state index in [0.29, 0.717) is 21.8 Å². The number of carbonyl (C=O) groups excluding carboxylic acids is 4. The Morgan fingerprint density at radius 1 is 0.912 bits per heavy atom. The summed E-state index contributed by atoms with van der Waals surface area (Å²) in [5, 5.41) is 3.50. The zero-order valence-corrected chi connectivity index (χ0v) is 20.5. The third-order valence-corrected chi connectivity index (χ3v) is 7.81. The van der Waals surface area contributed by atoms with Gasteiger partial charge in [0.25, 0.3) is 17.7 Å². The number of anilines is 1. The van der Waals surface area contributed by atoms with E-state index in [-0.39, 0.29) is 10.9 Å². The Bertz CT molecular complexity index is 1320. The van der Waals surface area contributed by atoms with Crippen molar-refractivity contribution in [3.8, 4) is 0 Å². The van der Waals surface area contributed by atoms with E-state index in [1.807, 2.05) is 25.1 Å². The first-order chi connectivity index (χ1) is 16.0. The Hall–Kier alpha value is -3.30. The fourth-order valence-electron chi connectivity index (χ4n) is 5.60. The monoisotopic (exact) mass is 496 g/mol. The highest BCUT2D eigenvalue weighted by Crippen LogP contribution is 2.61. The number of nitrogens with zero attached hydrogens (tertiary/aromatic N) is 3. The standard InChI is InChI=1S/C24H21ClN4O4S/c1-12-8-9-16-15(10-12)24(21(32)27(16)2)17(13-6-5-7-14(25)11-13)23(18(34)26-24)19(30)28(3)22(33)29(4)20(23)31/h5-11,17H,1-4H3,(H,26,34)/t17-,24-/m0/s1. The number of likely N-dealkylation sites (N-methyl/N-ethyl adjacent to an activating group) is 1. The highest BCUT2D eigenvalue weighted by Gasteiger charge is 2.76. The molecule has 0 radical (unpaired) electrons. The molecule has 0 aliphatic carbocycles. The lowest BCUT2D eigenvalue weighted by Crippen LogP contribution is -2.66. The van der Waals surface area contributed by atoms with Crippen molar-refractivity contribution in [1.82, 2.24) is 15.1 Å². The predicted molar refractivity (Wildman–Crippen MR) is 130 cm³/mol. The maximum Gasteiger partial charge on any atom is 0.332 e. The van der Waals surface area contributed by atoms with Crippen LogP contribution in [0.25, 0.3) is 0 Å².